The van der Waals surface area contributed by atoms with Crippen LogP contribution in [0.5, 0.6) is 11.5 Å². The summed E-state index contributed by atoms with van der Waals surface area (Å²) in [6.07, 6.45) is 4.91. The first kappa shape index (κ1) is 20.7. The molecule has 1 aromatic rings. The number of rotatable bonds is 10. The summed E-state index contributed by atoms with van der Waals surface area (Å²) in [4.78, 5) is 4.44. The lowest BCUT2D eigenvalue weighted by Gasteiger charge is -2.15. The molecule has 5 nitrogen and oxygen atoms in total. The van der Waals surface area contributed by atoms with Gasteiger partial charge in [0.1, 0.15) is 0 Å². The molecule has 0 fully saturated rings. The Morgan fingerprint density at radius 2 is 2.08 bits per heavy atom. The van der Waals surface area contributed by atoms with E-state index in [1.807, 2.05) is 19.9 Å². The van der Waals surface area contributed by atoms with Crippen molar-refractivity contribution in [1.29, 1.82) is 0 Å². The summed E-state index contributed by atoms with van der Waals surface area (Å²) in [7, 11) is 0. The summed E-state index contributed by atoms with van der Waals surface area (Å²) in [6.45, 7) is 4.79. The fraction of sp³-hybridized carbons (Fsp3) is 0.500. The number of alkyl halides is 2. The second-order valence-corrected chi connectivity index (χ2v) is 5.04. The molecule has 0 bridgehead atoms. The van der Waals surface area contributed by atoms with Crippen molar-refractivity contribution in [2.45, 2.75) is 40.3 Å². The van der Waals surface area contributed by atoms with Crippen LogP contribution in [0.15, 0.2) is 35.3 Å². The number of ether oxygens (including phenoxy) is 2. The van der Waals surface area contributed by atoms with E-state index < -0.39 is 6.61 Å². The number of nitrogens with zero attached hydrogens (tertiary/aromatic N) is 1. The van der Waals surface area contributed by atoms with Crippen LogP contribution >= 0.6 is 0 Å². The molecule has 1 aromatic carbocycles. The van der Waals surface area contributed by atoms with Crippen LogP contribution in [0.1, 0.15) is 32.8 Å². The van der Waals surface area contributed by atoms with E-state index in [1.54, 1.807) is 25.1 Å². The van der Waals surface area contributed by atoms with Gasteiger partial charge >= 0.3 is 6.61 Å². The fourth-order valence-electron chi connectivity index (χ4n) is 2.12. The van der Waals surface area contributed by atoms with Crippen molar-refractivity contribution in [2.75, 3.05) is 19.7 Å². The molecule has 0 spiro atoms. The first-order valence-corrected chi connectivity index (χ1v) is 8.45. The predicted octanol–water partition coefficient (Wildman–Crippen LogP) is 3.71. The van der Waals surface area contributed by atoms with E-state index in [-0.39, 0.29) is 12.3 Å². The van der Waals surface area contributed by atoms with Crippen LogP contribution in [0, 0.1) is 0 Å². The van der Waals surface area contributed by atoms with Crippen LogP contribution < -0.4 is 20.1 Å². The third kappa shape index (κ3) is 7.87. The van der Waals surface area contributed by atoms with E-state index in [4.69, 9.17) is 4.74 Å². The number of guanidine groups is 1. The minimum atomic E-state index is -2.92. The molecule has 0 aliphatic rings. The highest BCUT2D eigenvalue weighted by Crippen LogP contribution is 2.33. The first-order chi connectivity index (χ1) is 12.1. The van der Waals surface area contributed by atoms with Crippen molar-refractivity contribution >= 4 is 5.96 Å². The third-order valence-electron chi connectivity index (χ3n) is 3.16. The highest BCUT2D eigenvalue weighted by Gasteiger charge is 2.15. The highest BCUT2D eigenvalue weighted by molar-refractivity contribution is 5.79. The number of halogens is 2. The predicted molar refractivity (Wildman–Crippen MR) is 96.5 cm³/mol. The maximum absolute atomic E-state index is 12.7. The van der Waals surface area contributed by atoms with Crippen LogP contribution in [0.25, 0.3) is 0 Å². The van der Waals surface area contributed by atoms with E-state index in [0.29, 0.717) is 30.4 Å². The molecule has 2 N–H and O–H groups in total. The summed E-state index contributed by atoms with van der Waals surface area (Å²) in [5, 5.41) is 6.32. The van der Waals surface area contributed by atoms with E-state index in [1.165, 1.54) is 0 Å². The topological polar surface area (TPSA) is 54.9 Å². The monoisotopic (exact) mass is 355 g/mol. The maximum atomic E-state index is 12.7. The zero-order chi connectivity index (χ0) is 18.5. The van der Waals surface area contributed by atoms with Gasteiger partial charge in [-0.1, -0.05) is 24.3 Å². The summed E-state index contributed by atoms with van der Waals surface area (Å²) >= 11 is 0. The molecule has 25 heavy (non-hydrogen) atoms. The van der Waals surface area contributed by atoms with Gasteiger partial charge in [0.25, 0.3) is 0 Å². The van der Waals surface area contributed by atoms with Gasteiger partial charge in [0.05, 0.1) is 13.2 Å². The molecule has 0 amide bonds. The number of aliphatic imine (C=N–C) groups is 1. The number of benzene rings is 1. The Hall–Kier alpha value is -2.31. The molecular weight excluding hydrogens is 328 g/mol. The molecule has 0 saturated carbocycles. The van der Waals surface area contributed by atoms with Gasteiger partial charge in [-0.2, -0.15) is 8.78 Å². The Bertz CT molecular complexity index is 563. The Balaban J connectivity index is 2.91. The molecule has 0 unspecified atom stereocenters. The van der Waals surface area contributed by atoms with Crippen LogP contribution in [0.3, 0.4) is 0 Å². The number of para-hydroxylation sites is 1. The lowest BCUT2D eigenvalue weighted by molar-refractivity contribution is -0.0520. The zero-order valence-electron chi connectivity index (χ0n) is 15.0. The molecule has 0 radical (unpaired) electrons. The molecule has 1 rings (SSSR count). The molecule has 0 aliphatic heterocycles. The zero-order valence-corrected chi connectivity index (χ0v) is 15.0. The van der Waals surface area contributed by atoms with Gasteiger partial charge in [0.15, 0.2) is 17.5 Å². The van der Waals surface area contributed by atoms with Gasteiger partial charge in [-0.25, -0.2) is 4.99 Å². The van der Waals surface area contributed by atoms with E-state index in [2.05, 4.69) is 26.4 Å². The molecule has 0 saturated heterocycles. The van der Waals surface area contributed by atoms with Crippen LogP contribution in [0.2, 0.25) is 0 Å². The molecular formula is C18H27F2N3O2. The maximum Gasteiger partial charge on any atom is 0.387 e. The van der Waals surface area contributed by atoms with Crippen molar-refractivity contribution < 1.29 is 18.3 Å². The number of nitrogens with one attached hydrogen (secondary N) is 2. The molecule has 0 aliphatic carbocycles. The van der Waals surface area contributed by atoms with Crippen molar-refractivity contribution in [2.24, 2.45) is 4.99 Å². The Morgan fingerprint density at radius 3 is 2.72 bits per heavy atom. The highest BCUT2D eigenvalue weighted by atomic mass is 19.3. The third-order valence-corrected chi connectivity index (χ3v) is 3.16. The number of hydrogen-bond acceptors (Lipinski definition) is 3. The summed E-state index contributed by atoms with van der Waals surface area (Å²) < 4.78 is 35.5. The van der Waals surface area contributed by atoms with Gasteiger partial charge in [-0.3, -0.25) is 0 Å². The first-order valence-electron chi connectivity index (χ1n) is 8.45. The van der Waals surface area contributed by atoms with E-state index in [9.17, 15) is 8.78 Å². The fourth-order valence-corrected chi connectivity index (χ4v) is 2.12. The minimum absolute atomic E-state index is 0.0351. The van der Waals surface area contributed by atoms with E-state index in [0.717, 1.165) is 13.0 Å². The largest absolute Gasteiger partial charge is 0.490 e. The number of allylic oxidation sites excluding steroid dienone is 1. The van der Waals surface area contributed by atoms with Crippen molar-refractivity contribution in [3.63, 3.8) is 0 Å². The summed E-state index contributed by atoms with van der Waals surface area (Å²) in [5.74, 6) is 0.950. The lowest BCUT2D eigenvalue weighted by Crippen LogP contribution is -2.37. The second-order valence-electron chi connectivity index (χ2n) is 5.04. The Morgan fingerprint density at radius 1 is 1.28 bits per heavy atom. The SMILES string of the molecule is C/C=C/CCNC(=NCc1cccc(OCC)c1OC(F)F)NCC. The van der Waals surface area contributed by atoms with Crippen LogP contribution in [0.4, 0.5) is 8.78 Å². The smallest absolute Gasteiger partial charge is 0.387 e. The average molecular weight is 355 g/mol. The van der Waals surface area contributed by atoms with Gasteiger partial charge in [-0.05, 0) is 33.3 Å². The van der Waals surface area contributed by atoms with E-state index >= 15 is 0 Å². The van der Waals surface area contributed by atoms with Gasteiger partial charge in [-0.15, -0.1) is 0 Å². The van der Waals surface area contributed by atoms with Crippen molar-refractivity contribution in [3.05, 3.63) is 35.9 Å². The van der Waals surface area contributed by atoms with Crippen LogP contribution in [-0.4, -0.2) is 32.3 Å². The summed E-state index contributed by atoms with van der Waals surface area (Å²) in [5.41, 5.74) is 0.539. The summed E-state index contributed by atoms with van der Waals surface area (Å²) in [6, 6.07) is 5.04. The van der Waals surface area contributed by atoms with Crippen LogP contribution in [-0.2, 0) is 6.54 Å². The second kappa shape index (κ2) is 12.1. The van der Waals surface area contributed by atoms with Gasteiger partial charge < -0.3 is 20.1 Å². The Labute approximate surface area is 148 Å². The molecule has 140 valence electrons. The molecule has 7 heteroatoms. The lowest BCUT2D eigenvalue weighted by atomic mass is 10.2. The molecule has 0 atom stereocenters. The van der Waals surface area contributed by atoms with Gasteiger partial charge in [0.2, 0.25) is 0 Å². The molecule has 0 aromatic heterocycles. The minimum Gasteiger partial charge on any atom is -0.490 e. The quantitative estimate of drug-likeness (QED) is 0.291. The van der Waals surface area contributed by atoms with Gasteiger partial charge in [0, 0.05) is 18.7 Å². The number of hydrogen-bond donors (Lipinski definition) is 2. The average Bonchev–Trinajstić information content (AvgIpc) is 2.58. The standard InChI is InChI=1S/C18H27F2N3O2/c1-4-7-8-12-22-18(21-5-2)23-13-14-10-9-11-15(24-6-3)16(14)25-17(19)20/h4,7,9-11,17H,5-6,8,12-13H2,1-3H3,(H2,21,22,23)/b7-4+. The molecule has 0 heterocycles. The van der Waals surface area contributed by atoms with Crippen molar-refractivity contribution in [3.8, 4) is 11.5 Å². The van der Waals surface area contributed by atoms with Crippen molar-refractivity contribution in [1.82, 2.24) is 10.6 Å². The Kier molecular flexibility index (Phi) is 10.0. The normalized spacial score (nSPS) is 11.8.